The number of carbonyl (C=O) groups is 1. The molecule has 0 atom stereocenters. The molecule has 0 saturated carbocycles. The first-order chi connectivity index (χ1) is 5.91. The van der Waals surface area contributed by atoms with E-state index in [0.29, 0.717) is 0 Å². The number of nitrogens with two attached hydrogens (primary N) is 1. The lowest BCUT2D eigenvalue weighted by Crippen LogP contribution is -2.20. The lowest BCUT2D eigenvalue weighted by atomic mass is 10.7. The maximum absolute atomic E-state index is 10.4. The van der Waals surface area contributed by atoms with Gasteiger partial charge in [-0.05, 0) is 0 Å². The fraction of sp³-hybridized carbons (Fsp3) is 0.167. The van der Waals surface area contributed by atoms with Crippen LogP contribution in [0.4, 0.5) is 0 Å². The van der Waals surface area contributed by atoms with Crippen molar-refractivity contribution in [3.8, 4) is 0 Å². The molecule has 13 heavy (non-hydrogen) atoms. The number of aromatic nitrogens is 2. The number of H-pyrrole nitrogens is 2. The first-order valence-corrected chi connectivity index (χ1v) is 3.55. The van der Waals surface area contributed by atoms with Crippen LogP contribution in [0, 0.1) is 0 Å². The van der Waals surface area contributed by atoms with Crippen molar-refractivity contribution in [2.75, 3.05) is 0 Å². The van der Waals surface area contributed by atoms with Crippen LogP contribution < -0.4 is 17.0 Å². The molecule has 1 aromatic heterocycles. The zero-order valence-corrected chi connectivity index (χ0v) is 7.51. The van der Waals surface area contributed by atoms with Crippen molar-refractivity contribution in [2.24, 2.45) is 5.73 Å². The molecule has 0 saturated heterocycles. The third-order valence-electron chi connectivity index (χ3n) is 0.727. The Balaban J connectivity index is 0.000000310. The second-order valence-electron chi connectivity index (χ2n) is 2.05. The number of halogens is 1. The van der Waals surface area contributed by atoms with E-state index in [9.17, 15) is 14.4 Å². The highest BCUT2D eigenvalue weighted by molar-refractivity contribution is 6.29. The van der Waals surface area contributed by atoms with Crippen molar-refractivity contribution >= 4 is 17.5 Å². The predicted molar refractivity (Wildman–Crippen MR) is 47.6 cm³/mol. The van der Waals surface area contributed by atoms with Crippen molar-refractivity contribution < 1.29 is 4.79 Å². The number of hydrogen-bond acceptors (Lipinski definition) is 3. The third kappa shape index (κ3) is 6.82. The minimum absolute atomic E-state index is 0.0451. The summed E-state index contributed by atoms with van der Waals surface area (Å²) in [6, 6.07) is 1.09. The molecule has 0 unspecified atom stereocenters. The number of hydrogen-bond donors (Lipinski definition) is 3. The maximum Gasteiger partial charge on any atom is 0.326 e. The summed E-state index contributed by atoms with van der Waals surface area (Å²) in [6.07, 6.45) is 0. The van der Waals surface area contributed by atoms with Crippen LogP contribution in [0.1, 0.15) is 6.92 Å². The Kier molecular flexibility index (Phi) is 4.53. The zero-order valence-electron chi connectivity index (χ0n) is 6.76. The van der Waals surface area contributed by atoms with E-state index in [2.05, 4.69) is 10.7 Å². The highest BCUT2D eigenvalue weighted by Gasteiger charge is 1.88. The van der Waals surface area contributed by atoms with Crippen molar-refractivity contribution in [3.05, 3.63) is 32.1 Å². The predicted octanol–water partition coefficient (Wildman–Crippen LogP) is -0.792. The SMILES string of the molecule is CC(N)=O.O=c1cc(Cl)[nH]c(=O)[nH]1. The first kappa shape index (κ1) is 11.4. The third-order valence-corrected chi connectivity index (χ3v) is 0.931. The van der Waals surface area contributed by atoms with E-state index in [-0.39, 0.29) is 11.1 Å². The molecule has 0 aliphatic rings. The summed E-state index contributed by atoms with van der Waals surface area (Å²) in [5, 5.41) is 0.0451. The Morgan fingerprint density at radius 1 is 1.46 bits per heavy atom. The molecule has 6 nitrogen and oxygen atoms in total. The van der Waals surface area contributed by atoms with Gasteiger partial charge in [-0.15, -0.1) is 0 Å². The molecule has 7 heteroatoms. The Labute approximate surface area is 77.7 Å². The Morgan fingerprint density at radius 2 is 1.92 bits per heavy atom. The van der Waals surface area contributed by atoms with Gasteiger partial charge in [-0.2, -0.15) is 0 Å². The van der Waals surface area contributed by atoms with Crippen LogP contribution in [-0.4, -0.2) is 15.9 Å². The number of amides is 1. The molecule has 0 aliphatic carbocycles. The fourth-order valence-electron chi connectivity index (χ4n) is 0.439. The molecule has 0 aliphatic heterocycles. The second-order valence-corrected chi connectivity index (χ2v) is 2.45. The van der Waals surface area contributed by atoms with Gasteiger partial charge in [0.15, 0.2) is 0 Å². The minimum Gasteiger partial charge on any atom is -0.370 e. The van der Waals surface area contributed by atoms with Gasteiger partial charge in [-0.3, -0.25) is 19.6 Å². The van der Waals surface area contributed by atoms with Crippen LogP contribution in [0.3, 0.4) is 0 Å². The monoisotopic (exact) mass is 205 g/mol. The molecule has 1 aromatic rings. The highest BCUT2D eigenvalue weighted by atomic mass is 35.5. The molecule has 72 valence electrons. The summed E-state index contributed by atoms with van der Waals surface area (Å²) in [6.45, 7) is 1.31. The molecule has 0 fully saturated rings. The lowest BCUT2D eigenvalue weighted by Gasteiger charge is -1.83. The number of nitrogens with one attached hydrogen (secondary N) is 2. The van der Waals surface area contributed by atoms with Crippen molar-refractivity contribution in [3.63, 3.8) is 0 Å². The Hall–Kier alpha value is -1.56. The molecule has 0 spiro atoms. The van der Waals surface area contributed by atoms with Gasteiger partial charge >= 0.3 is 5.69 Å². The summed E-state index contributed by atoms with van der Waals surface area (Å²) in [7, 11) is 0. The van der Waals surface area contributed by atoms with Crippen LogP contribution in [0.15, 0.2) is 15.7 Å². The molecular formula is C6H8ClN3O3. The van der Waals surface area contributed by atoms with Gasteiger partial charge in [0.25, 0.3) is 5.56 Å². The zero-order chi connectivity index (χ0) is 10.4. The van der Waals surface area contributed by atoms with Gasteiger partial charge in [0, 0.05) is 13.0 Å². The van der Waals surface area contributed by atoms with Gasteiger partial charge in [0.05, 0.1) is 0 Å². The first-order valence-electron chi connectivity index (χ1n) is 3.17. The van der Waals surface area contributed by atoms with E-state index in [1.807, 2.05) is 4.98 Å². The molecule has 0 aromatic carbocycles. The number of rotatable bonds is 0. The Morgan fingerprint density at radius 3 is 2.23 bits per heavy atom. The summed E-state index contributed by atoms with van der Waals surface area (Å²) >= 11 is 5.27. The molecular weight excluding hydrogens is 198 g/mol. The van der Waals surface area contributed by atoms with E-state index < -0.39 is 11.2 Å². The summed E-state index contributed by atoms with van der Waals surface area (Å²) in [4.78, 5) is 34.0. The molecule has 0 bridgehead atoms. The van der Waals surface area contributed by atoms with Crippen molar-refractivity contribution in [1.82, 2.24) is 9.97 Å². The van der Waals surface area contributed by atoms with Crippen LogP contribution in [0.25, 0.3) is 0 Å². The van der Waals surface area contributed by atoms with Gasteiger partial charge in [-0.1, -0.05) is 11.6 Å². The molecule has 1 rings (SSSR count). The molecule has 0 radical (unpaired) electrons. The van der Waals surface area contributed by atoms with Gasteiger partial charge in [0.2, 0.25) is 5.91 Å². The smallest absolute Gasteiger partial charge is 0.326 e. The maximum atomic E-state index is 10.4. The second kappa shape index (κ2) is 5.15. The summed E-state index contributed by atoms with van der Waals surface area (Å²) < 4.78 is 0. The van der Waals surface area contributed by atoms with E-state index in [0.717, 1.165) is 6.07 Å². The van der Waals surface area contributed by atoms with Gasteiger partial charge < -0.3 is 5.73 Å². The summed E-state index contributed by atoms with van der Waals surface area (Å²) in [5.41, 5.74) is 3.39. The normalized spacial score (nSPS) is 8.46. The van der Waals surface area contributed by atoms with E-state index in [1.165, 1.54) is 6.92 Å². The average molecular weight is 206 g/mol. The fourth-order valence-corrected chi connectivity index (χ4v) is 0.624. The molecule has 4 N–H and O–H groups in total. The van der Waals surface area contributed by atoms with Crippen LogP contribution in [0.5, 0.6) is 0 Å². The van der Waals surface area contributed by atoms with Crippen LogP contribution in [-0.2, 0) is 4.79 Å². The van der Waals surface area contributed by atoms with Crippen molar-refractivity contribution in [2.45, 2.75) is 6.92 Å². The lowest BCUT2D eigenvalue weighted by molar-refractivity contribution is -0.115. The quantitative estimate of drug-likeness (QED) is 0.483. The molecule has 1 heterocycles. The average Bonchev–Trinajstić information content (AvgIpc) is 1.80. The van der Waals surface area contributed by atoms with Crippen LogP contribution in [0.2, 0.25) is 5.15 Å². The number of primary amides is 1. The van der Waals surface area contributed by atoms with Crippen molar-refractivity contribution in [1.29, 1.82) is 0 Å². The van der Waals surface area contributed by atoms with E-state index in [1.54, 1.807) is 0 Å². The topological polar surface area (TPSA) is 109 Å². The van der Waals surface area contributed by atoms with E-state index in [4.69, 9.17) is 11.6 Å². The van der Waals surface area contributed by atoms with Gasteiger partial charge in [-0.25, -0.2) is 4.79 Å². The minimum atomic E-state index is -0.590. The standard InChI is InChI=1S/C4H3ClN2O2.C2H5NO/c5-2-1-3(8)7-4(9)6-2;1-2(3)4/h1H,(H2,6,7,8,9);1H3,(H2,3,4). The van der Waals surface area contributed by atoms with Gasteiger partial charge in [0.1, 0.15) is 5.15 Å². The highest BCUT2D eigenvalue weighted by Crippen LogP contribution is 1.91. The number of carbonyl (C=O) groups excluding carboxylic acids is 1. The summed E-state index contributed by atoms with van der Waals surface area (Å²) in [5.74, 6) is -0.333. The van der Waals surface area contributed by atoms with E-state index >= 15 is 0 Å². The Bertz CT molecular complexity index is 362. The van der Waals surface area contributed by atoms with Crippen LogP contribution >= 0.6 is 11.6 Å². The molecule has 1 amide bonds. The number of aromatic amines is 2. The largest absolute Gasteiger partial charge is 0.370 e.